The summed E-state index contributed by atoms with van der Waals surface area (Å²) < 4.78 is 31.5. The molecular weight excluding hydrogens is 364 g/mol. The van der Waals surface area contributed by atoms with E-state index in [2.05, 4.69) is 35.5 Å². The van der Waals surface area contributed by atoms with Crippen molar-refractivity contribution in [1.29, 1.82) is 0 Å². The van der Waals surface area contributed by atoms with Crippen LogP contribution >= 0.6 is 0 Å². The van der Waals surface area contributed by atoms with E-state index < -0.39 is 10.0 Å². The van der Waals surface area contributed by atoms with Crippen molar-refractivity contribution in [3.05, 3.63) is 29.8 Å². The molecule has 27 heavy (non-hydrogen) atoms. The van der Waals surface area contributed by atoms with Gasteiger partial charge in [-0.2, -0.15) is 0 Å². The second-order valence-electron chi connectivity index (χ2n) is 7.63. The van der Waals surface area contributed by atoms with Gasteiger partial charge in [0.1, 0.15) is 11.4 Å². The number of para-hydroxylation sites is 1. The molecule has 1 saturated heterocycles. The van der Waals surface area contributed by atoms with Gasteiger partial charge in [-0.05, 0) is 33.3 Å². The number of aliphatic imine (C=N–C) groups is 1. The first-order valence-electron chi connectivity index (χ1n) is 9.61. The summed E-state index contributed by atoms with van der Waals surface area (Å²) in [5, 5.41) is 6.77. The molecular formula is C19H30N4O3S. The van der Waals surface area contributed by atoms with Crippen molar-refractivity contribution >= 4 is 16.0 Å². The minimum Gasteiger partial charge on any atom is -0.487 e. The molecule has 7 nitrogen and oxygen atoms in total. The number of hydrogen-bond acceptors (Lipinski definition) is 4. The van der Waals surface area contributed by atoms with E-state index in [-0.39, 0.29) is 17.4 Å². The zero-order valence-electron chi connectivity index (χ0n) is 16.4. The topological polar surface area (TPSA) is 83.0 Å². The van der Waals surface area contributed by atoms with Gasteiger partial charge in [-0.3, -0.25) is 4.99 Å². The van der Waals surface area contributed by atoms with Crippen LogP contribution in [0.2, 0.25) is 0 Å². The van der Waals surface area contributed by atoms with Gasteiger partial charge in [0.05, 0.1) is 18.3 Å². The maximum absolute atomic E-state index is 11.9. The van der Waals surface area contributed by atoms with Gasteiger partial charge in [0.2, 0.25) is 10.0 Å². The summed E-state index contributed by atoms with van der Waals surface area (Å²) >= 11 is 0. The highest BCUT2D eigenvalue weighted by atomic mass is 32.2. The average molecular weight is 395 g/mol. The Bertz CT molecular complexity index is 792. The van der Waals surface area contributed by atoms with Crippen LogP contribution in [0.25, 0.3) is 0 Å². The Morgan fingerprint density at radius 1 is 1.37 bits per heavy atom. The largest absolute Gasteiger partial charge is 0.487 e. The van der Waals surface area contributed by atoms with Gasteiger partial charge in [-0.1, -0.05) is 18.2 Å². The summed E-state index contributed by atoms with van der Waals surface area (Å²) in [6, 6.07) is 8.14. The third kappa shape index (κ3) is 4.93. The molecule has 1 atom stereocenters. The van der Waals surface area contributed by atoms with Crippen LogP contribution in [-0.2, 0) is 10.0 Å². The second-order valence-corrected chi connectivity index (χ2v) is 9.72. The first-order chi connectivity index (χ1) is 12.8. The van der Waals surface area contributed by atoms with E-state index in [1.54, 1.807) is 0 Å². The Kier molecular flexibility index (Phi) is 5.95. The van der Waals surface area contributed by atoms with Crippen LogP contribution in [0.4, 0.5) is 0 Å². The Morgan fingerprint density at radius 2 is 2.15 bits per heavy atom. The molecule has 2 aliphatic heterocycles. The van der Waals surface area contributed by atoms with Crippen LogP contribution in [-0.4, -0.2) is 56.2 Å². The fourth-order valence-corrected chi connectivity index (χ4v) is 5.15. The predicted octanol–water partition coefficient (Wildman–Crippen LogP) is 1.88. The standard InChI is InChI=1S/C19H30N4O3S/c1-4-20-18(21-10-12-23-11-7-13-27(23,24)25)22-16-14-19(2,3)26-17-9-6-5-8-15(16)17/h5-6,8-9,16H,4,7,10-14H2,1-3H3,(H2,20,21,22). The van der Waals surface area contributed by atoms with E-state index in [9.17, 15) is 8.42 Å². The summed E-state index contributed by atoms with van der Waals surface area (Å²) in [4.78, 5) is 4.60. The van der Waals surface area contributed by atoms with E-state index >= 15 is 0 Å². The number of nitrogens with one attached hydrogen (secondary N) is 2. The van der Waals surface area contributed by atoms with Gasteiger partial charge in [0.25, 0.3) is 0 Å². The van der Waals surface area contributed by atoms with Crippen molar-refractivity contribution in [2.45, 2.75) is 45.3 Å². The van der Waals surface area contributed by atoms with Gasteiger partial charge in [-0.25, -0.2) is 12.7 Å². The van der Waals surface area contributed by atoms with E-state index in [0.29, 0.717) is 32.0 Å². The van der Waals surface area contributed by atoms with Gasteiger partial charge >= 0.3 is 0 Å². The number of fused-ring (bicyclic) bond motifs is 1. The van der Waals surface area contributed by atoms with Crippen molar-refractivity contribution in [1.82, 2.24) is 14.9 Å². The highest BCUT2D eigenvalue weighted by Crippen LogP contribution is 2.39. The zero-order chi connectivity index (χ0) is 19.5. The molecule has 150 valence electrons. The number of ether oxygens (including phenoxy) is 1. The number of nitrogens with zero attached hydrogens (tertiary/aromatic N) is 2. The van der Waals surface area contributed by atoms with Crippen molar-refractivity contribution < 1.29 is 13.2 Å². The predicted molar refractivity (Wildman–Crippen MR) is 108 cm³/mol. The third-order valence-electron chi connectivity index (χ3n) is 4.85. The van der Waals surface area contributed by atoms with Crippen LogP contribution in [0.1, 0.15) is 45.2 Å². The molecule has 8 heteroatoms. The van der Waals surface area contributed by atoms with Crippen molar-refractivity contribution in [3.63, 3.8) is 0 Å². The Balaban J connectivity index is 1.70. The fraction of sp³-hybridized carbons (Fsp3) is 0.632. The molecule has 0 aromatic heterocycles. The Morgan fingerprint density at radius 3 is 2.85 bits per heavy atom. The third-order valence-corrected chi connectivity index (χ3v) is 6.81. The Labute approximate surface area is 162 Å². The average Bonchev–Trinajstić information content (AvgIpc) is 2.92. The number of rotatable bonds is 5. The second kappa shape index (κ2) is 8.06. The normalized spacial score (nSPS) is 24.1. The maximum Gasteiger partial charge on any atom is 0.214 e. The van der Waals surface area contributed by atoms with Gasteiger partial charge in [-0.15, -0.1) is 0 Å². The van der Waals surface area contributed by atoms with Crippen LogP contribution in [0.15, 0.2) is 29.3 Å². The SMILES string of the molecule is CCNC(=NCCN1CCCS1(=O)=O)NC1CC(C)(C)Oc2ccccc21. The first-order valence-corrected chi connectivity index (χ1v) is 11.2. The summed E-state index contributed by atoms with van der Waals surface area (Å²) in [7, 11) is -3.07. The monoisotopic (exact) mass is 394 g/mol. The molecule has 2 heterocycles. The lowest BCUT2D eigenvalue weighted by atomic mass is 9.90. The van der Waals surface area contributed by atoms with E-state index in [0.717, 1.165) is 24.3 Å². The highest BCUT2D eigenvalue weighted by molar-refractivity contribution is 7.89. The van der Waals surface area contributed by atoms with Gasteiger partial charge in [0.15, 0.2) is 5.96 Å². The van der Waals surface area contributed by atoms with Crippen LogP contribution < -0.4 is 15.4 Å². The van der Waals surface area contributed by atoms with Crippen molar-refractivity contribution in [2.24, 2.45) is 4.99 Å². The van der Waals surface area contributed by atoms with Gasteiger partial charge < -0.3 is 15.4 Å². The summed E-state index contributed by atoms with van der Waals surface area (Å²) in [5.41, 5.74) is 0.844. The molecule has 0 aliphatic carbocycles. The fourth-order valence-electron chi connectivity index (χ4n) is 3.63. The molecule has 0 radical (unpaired) electrons. The van der Waals surface area contributed by atoms with Crippen LogP contribution in [0.5, 0.6) is 5.75 Å². The molecule has 3 rings (SSSR count). The van der Waals surface area contributed by atoms with Gasteiger partial charge in [0, 0.05) is 31.6 Å². The highest BCUT2D eigenvalue weighted by Gasteiger charge is 2.34. The number of benzene rings is 1. The molecule has 2 N–H and O–H groups in total. The quantitative estimate of drug-likeness (QED) is 0.589. The molecule has 0 amide bonds. The molecule has 1 unspecified atom stereocenters. The lowest BCUT2D eigenvalue weighted by molar-refractivity contribution is 0.0694. The molecule has 1 fully saturated rings. The molecule has 2 aliphatic rings. The minimum atomic E-state index is -3.07. The van der Waals surface area contributed by atoms with Crippen molar-refractivity contribution in [2.75, 3.05) is 31.9 Å². The van der Waals surface area contributed by atoms with Crippen LogP contribution in [0, 0.1) is 0 Å². The van der Waals surface area contributed by atoms with Crippen LogP contribution in [0.3, 0.4) is 0 Å². The Hall–Kier alpha value is -1.80. The number of hydrogen-bond donors (Lipinski definition) is 2. The molecule has 0 saturated carbocycles. The molecule has 0 bridgehead atoms. The number of sulfonamides is 1. The van der Waals surface area contributed by atoms with E-state index in [1.807, 2.05) is 25.1 Å². The number of guanidine groups is 1. The zero-order valence-corrected chi connectivity index (χ0v) is 17.2. The summed E-state index contributed by atoms with van der Waals surface area (Å²) in [6.07, 6.45) is 1.52. The lowest BCUT2D eigenvalue weighted by Gasteiger charge is -2.38. The summed E-state index contributed by atoms with van der Waals surface area (Å²) in [5.74, 6) is 1.85. The van der Waals surface area contributed by atoms with E-state index in [1.165, 1.54) is 4.31 Å². The molecule has 1 aromatic rings. The minimum absolute atomic E-state index is 0.0817. The molecule has 0 spiro atoms. The first kappa shape index (κ1) is 19.9. The summed E-state index contributed by atoms with van der Waals surface area (Å²) in [6.45, 7) is 8.38. The lowest BCUT2D eigenvalue weighted by Crippen LogP contribution is -2.45. The smallest absolute Gasteiger partial charge is 0.214 e. The van der Waals surface area contributed by atoms with E-state index in [4.69, 9.17) is 4.74 Å². The van der Waals surface area contributed by atoms with Crippen molar-refractivity contribution in [3.8, 4) is 5.75 Å². The maximum atomic E-state index is 11.9. The molecule has 1 aromatic carbocycles.